The molecule has 0 fully saturated rings. The zero-order valence-corrected chi connectivity index (χ0v) is 17.8. The number of imidazole rings is 2. The van der Waals surface area contributed by atoms with E-state index in [-0.39, 0.29) is 6.54 Å². The number of aromatic amines is 1. The number of aryl methyl sites for hydroxylation is 2. The molecule has 0 amide bonds. The maximum Gasteiger partial charge on any atom is 0.323 e. The van der Waals surface area contributed by atoms with Crippen molar-refractivity contribution in [1.82, 2.24) is 19.5 Å². The molecule has 0 aliphatic carbocycles. The summed E-state index contributed by atoms with van der Waals surface area (Å²) in [5.74, 6) is 1.16. The monoisotopic (exact) mass is 406 g/mol. The molecule has 4 aromatic rings. The van der Waals surface area contributed by atoms with Crippen LogP contribution in [0.1, 0.15) is 51.2 Å². The molecule has 6 nitrogen and oxygen atoms in total. The smallest absolute Gasteiger partial charge is 0.323 e. The Morgan fingerprint density at radius 1 is 0.933 bits per heavy atom. The van der Waals surface area contributed by atoms with Crippen molar-refractivity contribution in [1.29, 1.82) is 0 Å². The van der Waals surface area contributed by atoms with Crippen molar-refractivity contribution >= 4 is 28.0 Å². The van der Waals surface area contributed by atoms with Gasteiger partial charge < -0.3 is 14.7 Å². The molecule has 2 heterocycles. The minimum absolute atomic E-state index is 0.0143. The van der Waals surface area contributed by atoms with Gasteiger partial charge in [-0.05, 0) is 37.1 Å². The highest BCUT2D eigenvalue weighted by molar-refractivity contribution is 5.78. The summed E-state index contributed by atoms with van der Waals surface area (Å²) in [5.41, 5.74) is 4.00. The average molecular weight is 407 g/mol. The molecule has 0 aliphatic heterocycles. The van der Waals surface area contributed by atoms with Crippen molar-refractivity contribution < 1.29 is 9.90 Å². The van der Waals surface area contributed by atoms with Crippen molar-refractivity contribution in [3.8, 4) is 0 Å². The van der Waals surface area contributed by atoms with Gasteiger partial charge in [0.1, 0.15) is 18.2 Å². The fraction of sp³-hybridized carbons (Fsp3) is 0.375. The summed E-state index contributed by atoms with van der Waals surface area (Å²) in [6.07, 6.45) is 6.43. The number of carboxylic acid groups (broad SMARTS) is 1. The quantitative estimate of drug-likeness (QED) is 0.412. The summed E-state index contributed by atoms with van der Waals surface area (Å²) in [5, 5.41) is 8.95. The number of hydrogen-bond acceptors (Lipinski definition) is 3. The van der Waals surface area contributed by atoms with Crippen molar-refractivity contribution in [2.24, 2.45) is 0 Å². The van der Waals surface area contributed by atoms with E-state index in [0.717, 1.165) is 59.4 Å². The topological polar surface area (TPSA) is 83.8 Å². The summed E-state index contributed by atoms with van der Waals surface area (Å²) >= 11 is 0. The molecule has 2 aromatic carbocycles. The van der Waals surface area contributed by atoms with Gasteiger partial charge in [-0.3, -0.25) is 4.79 Å². The van der Waals surface area contributed by atoms with Crippen LogP contribution in [0, 0.1) is 0 Å². The van der Waals surface area contributed by atoms with Crippen LogP contribution in [0.3, 0.4) is 0 Å². The first-order valence-corrected chi connectivity index (χ1v) is 10.7. The van der Waals surface area contributed by atoms with Gasteiger partial charge in [-0.2, -0.15) is 0 Å². The predicted octanol–water partition coefficient (Wildman–Crippen LogP) is 5.37. The normalized spacial score (nSPS) is 10.9. The number of unbranched alkanes of at least 4 members (excludes halogenated alkanes) is 2. The van der Waals surface area contributed by atoms with Crippen molar-refractivity contribution in [3.05, 3.63) is 60.2 Å². The number of rotatable bonds is 8. The molecule has 2 aromatic heterocycles. The largest absolute Gasteiger partial charge is 0.480 e. The molecule has 0 spiro atoms. The number of carbonyl (C=O) groups is 1. The molecule has 158 valence electrons. The van der Waals surface area contributed by atoms with Crippen LogP contribution >= 0.6 is 0 Å². The summed E-state index contributed by atoms with van der Waals surface area (Å²) in [6, 6.07) is 15.8. The molecule has 0 aliphatic rings. The van der Waals surface area contributed by atoms with Gasteiger partial charge in [-0.25, -0.2) is 9.97 Å². The zero-order valence-electron chi connectivity index (χ0n) is 17.8. The van der Waals surface area contributed by atoms with Crippen molar-refractivity contribution in [2.45, 2.75) is 58.9 Å². The van der Waals surface area contributed by atoms with E-state index in [4.69, 9.17) is 5.11 Å². The number of hydrogen-bond donors (Lipinski definition) is 2. The molecule has 2 N–H and O–H groups in total. The molecule has 0 unspecified atom stereocenters. The lowest BCUT2D eigenvalue weighted by Gasteiger charge is -2.05. The fourth-order valence-electron chi connectivity index (χ4n) is 3.43. The minimum Gasteiger partial charge on any atom is -0.480 e. The molecule has 0 saturated heterocycles. The van der Waals surface area contributed by atoms with E-state index >= 15 is 0 Å². The number of fused-ring (bicyclic) bond motifs is 2. The summed E-state index contributed by atoms with van der Waals surface area (Å²) < 4.78 is 1.80. The number of H-pyrrole nitrogens is 1. The number of carboxylic acids is 1. The number of nitrogens with zero attached hydrogens (tertiary/aromatic N) is 3. The lowest BCUT2D eigenvalue weighted by molar-refractivity contribution is -0.137. The van der Waals surface area contributed by atoms with Crippen molar-refractivity contribution in [2.75, 3.05) is 0 Å². The Labute approximate surface area is 177 Å². The van der Waals surface area contributed by atoms with Crippen LogP contribution < -0.4 is 0 Å². The van der Waals surface area contributed by atoms with Crippen LogP contribution in [0.15, 0.2) is 48.5 Å². The van der Waals surface area contributed by atoms with Crippen LogP contribution in [0.2, 0.25) is 0 Å². The first kappa shape index (κ1) is 21.6. The highest BCUT2D eigenvalue weighted by Crippen LogP contribution is 2.17. The number of aliphatic carboxylic acids is 1. The van der Waals surface area contributed by atoms with Gasteiger partial charge in [0.05, 0.1) is 22.1 Å². The second-order valence-electron chi connectivity index (χ2n) is 7.40. The van der Waals surface area contributed by atoms with Gasteiger partial charge in [0.2, 0.25) is 0 Å². The molecule has 0 atom stereocenters. The van der Waals surface area contributed by atoms with Crippen LogP contribution in [-0.2, 0) is 24.2 Å². The van der Waals surface area contributed by atoms with Crippen LogP contribution in [0.25, 0.3) is 22.1 Å². The van der Waals surface area contributed by atoms with E-state index in [1.54, 1.807) is 4.57 Å². The Balaban J connectivity index is 0.000000177. The van der Waals surface area contributed by atoms with Crippen LogP contribution in [0.4, 0.5) is 0 Å². The average Bonchev–Trinajstić information content (AvgIpc) is 3.32. The third-order valence-corrected chi connectivity index (χ3v) is 4.99. The Kier molecular flexibility index (Phi) is 7.60. The number of aromatic nitrogens is 4. The van der Waals surface area contributed by atoms with Crippen LogP contribution in [0.5, 0.6) is 0 Å². The van der Waals surface area contributed by atoms with Gasteiger partial charge in [-0.1, -0.05) is 51.0 Å². The van der Waals surface area contributed by atoms with E-state index in [0.29, 0.717) is 0 Å². The van der Waals surface area contributed by atoms with Crippen molar-refractivity contribution in [3.63, 3.8) is 0 Å². The predicted molar refractivity (Wildman–Crippen MR) is 121 cm³/mol. The Morgan fingerprint density at radius 2 is 1.60 bits per heavy atom. The highest BCUT2D eigenvalue weighted by Gasteiger charge is 2.12. The molecule has 0 bridgehead atoms. The highest BCUT2D eigenvalue weighted by atomic mass is 16.4. The summed E-state index contributed by atoms with van der Waals surface area (Å²) in [6.45, 7) is 4.30. The summed E-state index contributed by atoms with van der Waals surface area (Å²) in [4.78, 5) is 23.2. The first-order chi connectivity index (χ1) is 14.6. The van der Waals surface area contributed by atoms with E-state index in [2.05, 4.69) is 34.9 Å². The van der Waals surface area contributed by atoms with E-state index in [9.17, 15) is 4.79 Å². The Bertz CT molecular complexity index is 1060. The minimum atomic E-state index is -0.828. The molecular formula is C24H30N4O2. The molecule has 0 saturated carbocycles. The number of nitrogens with one attached hydrogen (secondary N) is 1. The molecule has 0 radical (unpaired) electrons. The third kappa shape index (κ3) is 5.47. The van der Waals surface area contributed by atoms with E-state index < -0.39 is 5.97 Å². The molecule has 30 heavy (non-hydrogen) atoms. The lowest BCUT2D eigenvalue weighted by Crippen LogP contribution is -2.11. The number of para-hydroxylation sites is 4. The first-order valence-electron chi connectivity index (χ1n) is 10.7. The summed E-state index contributed by atoms with van der Waals surface area (Å²) in [7, 11) is 0. The maximum absolute atomic E-state index is 10.9. The Hall–Kier alpha value is -3.15. The SMILES string of the molecule is CCCCc1nc2ccccc2[nH]1.CCCCc1nc2ccccc2n1CC(=O)O. The van der Waals surface area contributed by atoms with Gasteiger partial charge in [0.25, 0.3) is 0 Å². The van der Waals surface area contributed by atoms with E-state index in [1.165, 1.54) is 12.8 Å². The molecule has 4 rings (SSSR count). The van der Waals surface area contributed by atoms with Gasteiger partial charge >= 0.3 is 5.97 Å². The fourth-order valence-corrected chi connectivity index (χ4v) is 3.43. The molecule has 6 heteroatoms. The van der Waals surface area contributed by atoms with Gasteiger partial charge in [0.15, 0.2) is 0 Å². The number of benzene rings is 2. The second kappa shape index (κ2) is 10.6. The zero-order chi connectivity index (χ0) is 21.3. The van der Waals surface area contributed by atoms with Gasteiger partial charge in [-0.15, -0.1) is 0 Å². The lowest BCUT2D eigenvalue weighted by atomic mass is 10.2. The second-order valence-corrected chi connectivity index (χ2v) is 7.40. The van der Waals surface area contributed by atoms with E-state index in [1.807, 2.05) is 42.5 Å². The Morgan fingerprint density at radius 3 is 2.30 bits per heavy atom. The third-order valence-electron chi connectivity index (χ3n) is 4.99. The maximum atomic E-state index is 10.9. The molecular weight excluding hydrogens is 376 g/mol. The standard InChI is InChI=1S/C13H16N2O2.C11H14N2/c1-2-3-8-12-14-10-6-4-5-7-11(10)15(12)9-13(16)17;1-2-3-8-11-12-9-6-4-5-7-10(9)13-11/h4-7H,2-3,8-9H2,1H3,(H,16,17);4-7H,2-3,8H2,1H3,(H,12,13). The van der Waals surface area contributed by atoms with Crippen LogP contribution in [-0.4, -0.2) is 30.6 Å². The van der Waals surface area contributed by atoms with Gasteiger partial charge in [0, 0.05) is 12.8 Å².